The van der Waals surface area contributed by atoms with Crippen LogP contribution in [0.2, 0.25) is 5.02 Å². The summed E-state index contributed by atoms with van der Waals surface area (Å²) in [6.07, 6.45) is 3.15. The Bertz CT molecular complexity index is 1270. The van der Waals surface area contributed by atoms with Crippen LogP contribution in [0, 0.1) is 0 Å². The van der Waals surface area contributed by atoms with E-state index in [4.69, 9.17) is 30.2 Å². The van der Waals surface area contributed by atoms with Gasteiger partial charge in [-0.2, -0.15) is 0 Å². The first-order valence-corrected chi connectivity index (χ1v) is 12.3. The van der Waals surface area contributed by atoms with E-state index in [1.807, 2.05) is 25.1 Å². The summed E-state index contributed by atoms with van der Waals surface area (Å²) in [7, 11) is 1.57. The fourth-order valence-corrected chi connectivity index (χ4v) is 4.55. The fourth-order valence-electron chi connectivity index (χ4n) is 4.38. The lowest BCUT2D eigenvalue weighted by Gasteiger charge is -2.25. The fraction of sp³-hybridized carbons (Fsp3) is 0.407. The number of amides is 1. The highest BCUT2D eigenvalue weighted by Crippen LogP contribution is 2.41. The SMILES string of the molecule is CCCCCOc1ccc(C2c3c(oc4ccc(Cl)cc4c3=O)C(=O)N2CCOC)cc1OCC. The summed E-state index contributed by atoms with van der Waals surface area (Å²) < 4.78 is 23.0. The number of nitrogens with zero attached hydrogens (tertiary/aromatic N) is 1. The Morgan fingerprint density at radius 1 is 1.00 bits per heavy atom. The number of unbranched alkanes of at least 4 members (excludes halogenated alkanes) is 2. The summed E-state index contributed by atoms with van der Waals surface area (Å²) >= 11 is 6.15. The van der Waals surface area contributed by atoms with Gasteiger partial charge in [0, 0.05) is 18.7 Å². The molecule has 7 nitrogen and oxygen atoms in total. The molecule has 8 heteroatoms. The maximum absolute atomic E-state index is 13.6. The van der Waals surface area contributed by atoms with Crippen molar-refractivity contribution in [2.24, 2.45) is 0 Å². The van der Waals surface area contributed by atoms with Gasteiger partial charge < -0.3 is 23.5 Å². The van der Waals surface area contributed by atoms with Gasteiger partial charge in [-0.15, -0.1) is 0 Å². The molecular formula is C27H30ClNO6. The molecule has 0 saturated heterocycles. The van der Waals surface area contributed by atoms with E-state index >= 15 is 0 Å². The van der Waals surface area contributed by atoms with Gasteiger partial charge in [0.25, 0.3) is 5.91 Å². The van der Waals surface area contributed by atoms with E-state index in [0.29, 0.717) is 59.4 Å². The average molecular weight is 500 g/mol. The monoisotopic (exact) mass is 499 g/mol. The number of ether oxygens (including phenoxy) is 3. The third-order valence-electron chi connectivity index (χ3n) is 6.05. The maximum atomic E-state index is 13.6. The van der Waals surface area contributed by atoms with Gasteiger partial charge in [0.2, 0.25) is 5.76 Å². The van der Waals surface area contributed by atoms with Gasteiger partial charge in [-0.3, -0.25) is 9.59 Å². The van der Waals surface area contributed by atoms with E-state index in [2.05, 4.69) is 6.92 Å². The molecule has 1 unspecified atom stereocenters. The Labute approximate surface area is 209 Å². The Morgan fingerprint density at radius 2 is 1.83 bits per heavy atom. The summed E-state index contributed by atoms with van der Waals surface area (Å²) in [5, 5.41) is 0.758. The summed E-state index contributed by atoms with van der Waals surface area (Å²) in [6, 6.07) is 9.70. The molecule has 3 aromatic rings. The third kappa shape index (κ3) is 5.02. The lowest BCUT2D eigenvalue weighted by Crippen LogP contribution is -2.32. The minimum absolute atomic E-state index is 0.0452. The third-order valence-corrected chi connectivity index (χ3v) is 6.29. The topological polar surface area (TPSA) is 78.2 Å². The minimum atomic E-state index is -0.652. The number of fused-ring (bicyclic) bond motifs is 2. The largest absolute Gasteiger partial charge is 0.490 e. The first-order chi connectivity index (χ1) is 17.0. The van der Waals surface area contributed by atoms with Gasteiger partial charge in [-0.25, -0.2) is 0 Å². The molecule has 0 aliphatic carbocycles. The highest BCUT2D eigenvalue weighted by molar-refractivity contribution is 6.31. The molecule has 1 aromatic heterocycles. The van der Waals surface area contributed by atoms with Crippen molar-refractivity contribution in [3.05, 3.63) is 68.5 Å². The number of hydrogen-bond acceptors (Lipinski definition) is 6. The van der Waals surface area contributed by atoms with Gasteiger partial charge in [-0.05, 0) is 49.2 Å². The number of halogens is 1. The van der Waals surface area contributed by atoms with Gasteiger partial charge in [0.05, 0.1) is 36.8 Å². The molecule has 0 spiro atoms. The standard InChI is InChI=1S/C27H30ClNO6/c1-4-6-7-13-34-21-10-8-17(15-22(21)33-5-2)24-23-25(30)19-16-18(28)9-11-20(19)35-26(23)27(31)29(24)12-14-32-3/h8-11,15-16,24H,4-7,12-14H2,1-3H3. The van der Waals surface area contributed by atoms with Crippen molar-refractivity contribution in [2.45, 2.75) is 39.2 Å². The average Bonchev–Trinajstić information content (AvgIpc) is 3.13. The van der Waals surface area contributed by atoms with Crippen LogP contribution in [-0.2, 0) is 4.74 Å². The van der Waals surface area contributed by atoms with Crippen LogP contribution in [0.4, 0.5) is 0 Å². The van der Waals surface area contributed by atoms with Crippen LogP contribution in [-0.4, -0.2) is 44.3 Å². The molecule has 0 bridgehead atoms. The molecule has 186 valence electrons. The summed E-state index contributed by atoms with van der Waals surface area (Å²) in [5.74, 6) is 0.900. The van der Waals surface area contributed by atoms with Crippen LogP contribution < -0.4 is 14.9 Å². The Morgan fingerprint density at radius 3 is 2.57 bits per heavy atom. The molecule has 2 aromatic carbocycles. The van der Waals surface area contributed by atoms with Gasteiger partial charge in [0.1, 0.15) is 5.58 Å². The molecule has 1 aliphatic heterocycles. The van der Waals surface area contributed by atoms with Gasteiger partial charge >= 0.3 is 0 Å². The number of carbonyl (C=O) groups is 1. The Hall–Kier alpha value is -3.03. The lowest BCUT2D eigenvalue weighted by atomic mass is 9.98. The molecule has 2 heterocycles. The first-order valence-electron chi connectivity index (χ1n) is 12.0. The molecule has 1 amide bonds. The van der Waals surface area contributed by atoms with Crippen molar-refractivity contribution >= 4 is 28.5 Å². The molecule has 1 aliphatic rings. The minimum Gasteiger partial charge on any atom is -0.490 e. The van der Waals surface area contributed by atoms with Crippen molar-refractivity contribution in [3.8, 4) is 11.5 Å². The second-order valence-corrected chi connectivity index (χ2v) is 8.84. The summed E-state index contributed by atoms with van der Waals surface area (Å²) in [6.45, 7) is 5.69. The number of rotatable bonds is 11. The van der Waals surface area contributed by atoms with Gasteiger partial charge in [-0.1, -0.05) is 37.4 Å². The molecule has 4 rings (SSSR count). The van der Waals surface area contributed by atoms with Crippen molar-refractivity contribution in [1.29, 1.82) is 0 Å². The van der Waals surface area contributed by atoms with Crippen LogP contribution in [0.3, 0.4) is 0 Å². The first kappa shape index (κ1) is 25.1. The van der Waals surface area contributed by atoms with Crippen LogP contribution in [0.5, 0.6) is 11.5 Å². The van der Waals surface area contributed by atoms with Crippen LogP contribution in [0.1, 0.15) is 60.8 Å². The summed E-state index contributed by atoms with van der Waals surface area (Å²) in [4.78, 5) is 28.6. The maximum Gasteiger partial charge on any atom is 0.290 e. The van der Waals surface area contributed by atoms with E-state index in [1.165, 1.54) is 0 Å². The Balaban J connectivity index is 1.82. The number of hydrogen-bond donors (Lipinski definition) is 0. The van der Waals surface area contributed by atoms with Crippen molar-refractivity contribution in [1.82, 2.24) is 4.90 Å². The van der Waals surface area contributed by atoms with E-state index in [9.17, 15) is 9.59 Å². The van der Waals surface area contributed by atoms with Crippen LogP contribution in [0.15, 0.2) is 45.6 Å². The molecule has 1 atom stereocenters. The quantitative estimate of drug-likeness (QED) is 0.319. The molecule has 0 saturated carbocycles. The zero-order valence-corrected chi connectivity index (χ0v) is 21.0. The number of benzene rings is 2. The second kappa shape index (κ2) is 11.1. The van der Waals surface area contributed by atoms with Crippen LogP contribution >= 0.6 is 11.6 Å². The van der Waals surface area contributed by atoms with E-state index < -0.39 is 6.04 Å². The van der Waals surface area contributed by atoms with E-state index in [-0.39, 0.29) is 17.1 Å². The van der Waals surface area contributed by atoms with Crippen molar-refractivity contribution in [3.63, 3.8) is 0 Å². The van der Waals surface area contributed by atoms with E-state index in [0.717, 1.165) is 24.8 Å². The normalized spacial score (nSPS) is 15.0. The second-order valence-electron chi connectivity index (χ2n) is 8.40. The molecule has 0 fully saturated rings. The smallest absolute Gasteiger partial charge is 0.290 e. The molecule has 35 heavy (non-hydrogen) atoms. The predicted octanol–water partition coefficient (Wildman–Crippen LogP) is 5.61. The van der Waals surface area contributed by atoms with Crippen molar-refractivity contribution < 1.29 is 23.4 Å². The number of carbonyl (C=O) groups excluding carboxylic acids is 1. The lowest BCUT2D eigenvalue weighted by molar-refractivity contribution is 0.0663. The van der Waals surface area contributed by atoms with Gasteiger partial charge in [0.15, 0.2) is 16.9 Å². The molecule has 0 N–H and O–H groups in total. The van der Waals surface area contributed by atoms with Crippen LogP contribution in [0.25, 0.3) is 11.0 Å². The highest BCUT2D eigenvalue weighted by Gasteiger charge is 2.42. The predicted molar refractivity (Wildman–Crippen MR) is 135 cm³/mol. The molecule has 0 radical (unpaired) electrons. The summed E-state index contributed by atoms with van der Waals surface area (Å²) in [5.41, 5.74) is 1.07. The zero-order valence-electron chi connectivity index (χ0n) is 20.3. The zero-order chi connectivity index (χ0) is 24.9. The van der Waals surface area contributed by atoms with Crippen molar-refractivity contribution in [2.75, 3.05) is 33.5 Å². The van der Waals surface area contributed by atoms with E-state index in [1.54, 1.807) is 30.2 Å². The molecular weight excluding hydrogens is 470 g/mol. The highest BCUT2D eigenvalue weighted by atomic mass is 35.5. The Kier molecular flexibility index (Phi) is 7.98. The number of methoxy groups -OCH3 is 1.